The molecule has 0 saturated heterocycles. The number of hydrogen-bond donors (Lipinski definition) is 3. The lowest BCUT2D eigenvalue weighted by atomic mass is 10.2. The Morgan fingerprint density at radius 2 is 2.00 bits per heavy atom. The first-order valence-electron chi connectivity index (χ1n) is 4.80. The lowest BCUT2D eigenvalue weighted by molar-refractivity contribution is -0.138. The van der Waals surface area contributed by atoms with Gasteiger partial charge in [-0.25, -0.2) is 4.79 Å². The van der Waals surface area contributed by atoms with Crippen LogP contribution in [0.4, 0.5) is 4.79 Å². The van der Waals surface area contributed by atoms with Crippen molar-refractivity contribution < 1.29 is 14.7 Å². The standard InChI is InChI=1S/C9H18N2O3S/c1-4-7(5-15-3)11-9(14)10-6(2)8(12)13/h6-7H,4-5H2,1-3H3,(H,12,13)(H2,10,11,14)/t6-,7?/m1/s1. The summed E-state index contributed by atoms with van der Waals surface area (Å²) in [6.07, 6.45) is 2.79. The van der Waals surface area contributed by atoms with E-state index in [4.69, 9.17) is 5.11 Å². The Labute approximate surface area is 94.0 Å². The SMILES string of the molecule is CCC(CSC)NC(=O)N[C@H](C)C(=O)O. The number of thioether (sulfide) groups is 1. The van der Waals surface area contributed by atoms with E-state index in [-0.39, 0.29) is 6.04 Å². The van der Waals surface area contributed by atoms with Crippen LogP contribution in [0.2, 0.25) is 0 Å². The summed E-state index contributed by atoms with van der Waals surface area (Å²) < 4.78 is 0. The second kappa shape index (κ2) is 7.39. The molecule has 0 rings (SSSR count). The number of aliphatic carboxylic acids is 1. The van der Waals surface area contributed by atoms with E-state index in [1.165, 1.54) is 6.92 Å². The number of rotatable bonds is 6. The van der Waals surface area contributed by atoms with Gasteiger partial charge in [-0.1, -0.05) is 6.92 Å². The number of urea groups is 1. The largest absolute Gasteiger partial charge is 0.480 e. The van der Waals surface area contributed by atoms with Gasteiger partial charge in [0, 0.05) is 11.8 Å². The van der Waals surface area contributed by atoms with Crippen LogP contribution in [0.5, 0.6) is 0 Å². The van der Waals surface area contributed by atoms with E-state index in [9.17, 15) is 9.59 Å². The monoisotopic (exact) mass is 234 g/mol. The maximum absolute atomic E-state index is 11.3. The van der Waals surface area contributed by atoms with Gasteiger partial charge >= 0.3 is 12.0 Å². The number of carboxylic acids is 1. The van der Waals surface area contributed by atoms with Gasteiger partial charge < -0.3 is 15.7 Å². The molecule has 1 unspecified atom stereocenters. The summed E-state index contributed by atoms with van der Waals surface area (Å²) in [5.41, 5.74) is 0. The number of nitrogens with one attached hydrogen (secondary N) is 2. The van der Waals surface area contributed by atoms with E-state index in [2.05, 4.69) is 10.6 Å². The maximum Gasteiger partial charge on any atom is 0.325 e. The molecule has 15 heavy (non-hydrogen) atoms. The van der Waals surface area contributed by atoms with Crippen LogP contribution < -0.4 is 10.6 Å². The number of carboxylic acid groups (broad SMARTS) is 1. The Hall–Kier alpha value is -0.910. The zero-order valence-electron chi connectivity index (χ0n) is 9.24. The Morgan fingerprint density at radius 3 is 2.40 bits per heavy atom. The number of hydrogen-bond acceptors (Lipinski definition) is 3. The van der Waals surface area contributed by atoms with E-state index < -0.39 is 18.0 Å². The predicted octanol–water partition coefficient (Wildman–Crippen LogP) is 0.900. The van der Waals surface area contributed by atoms with Crippen LogP contribution in [-0.2, 0) is 4.79 Å². The van der Waals surface area contributed by atoms with Crippen LogP contribution in [-0.4, -0.2) is 41.2 Å². The Morgan fingerprint density at radius 1 is 1.40 bits per heavy atom. The summed E-state index contributed by atoms with van der Waals surface area (Å²) in [7, 11) is 0. The minimum Gasteiger partial charge on any atom is -0.480 e. The molecule has 6 heteroatoms. The van der Waals surface area contributed by atoms with Crippen molar-refractivity contribution in [1.82, 2.24) is 10.6 Å². The molecule has 0 aromatic heterocycles. The van der Waals surface area contributed by atoms with Crippen molar-refractivity contribution in [3.63, 3.8) is 0 Å². The fourth-order valence-electron chi connectivity index (χ4n) is 0.948. The molecule has 0 saturated carbocycles. The molecule has 0 heterocycles. The van der Waals surface area contributed by atoms with Crippen molar-refractivity contribution in [3.8, 4) is 0 Å². The zero-order chi connectivity index (χ0) is 11.8. The maximum atomic E-state index is 11.3. The van der Waals surface area contributed by atoms with Crippen molar-refractivity contribution in [2.75, 3.05) is 12.0 Å². The second-order valence-corrected chi connectivity index (χ2v) is 4.15. The average Bonchev–Trinajstić information content (AvgIpc) is 2.16. The topological polar surface area (TPSA) is 78.4 Å². The molecule has 0 bridgehead atoms. The molecule has 2 amide bonds. The van der Waals surface area contributed by atoms with Crippen molar-refractivity contribution in [2.45, 2.75) is 32.4 Å². The highest BCUT2D eigenvalue weighted by molar-refractivity contribution is 7.98. The van der Waals surface area contributed by atoms with Crippen LogP contribution in [0.3, 0.4) is 0 Å². The van der Waals surface area contributed by atoms with E-state index in [0.717, 1.165) is 12.2 Å². The van der Waals surface area contributed by atoms with Gasteiger partial charge in [-0.2, -0.15) is 11.8 Å². The Kier molecular flexibility index (Phi) is 6.94. The second-order valence-electron chi connectivity index (χ2n) is 3.24. The lowest BCUT2D eigenvalue weighted by Crippen LogP contribution is -2.48. The molecule has 0 aliphatic rings. The quantitative estimate of drug-likeness (QED) is 0.638. The summed E-state index contributed by atoms with van der Waals surface area (Å²) >= 11 is 1.64. The van der Waals surface area contributed by atoms with Crippen molar-refractivity contribution in [1.29, 1.82) is 0 Å². The minimum absolute atomic E-state index is 0.0843. The van der Waals surface area contributed by atoms with Gasteiger partial charge in [0.2, 0.25) is 0 Å². The summed E-state index contributed by atoms with van der Waals surface area (Å²) in [5.74, 6) is -0.214. The molecule has 0 radical (unpaired) electrons. The zero-order valence-corrected chi connectivity index (χ0v) is 10.1. The third-order valence-corrected chi connectivity index (χ3v) is 2.65. The molecule has 0 aromatic carbocycles. The van der Waals surface area contributed by atoms with Gasteiger partial charge in [-0.3, -0.25) is 4.79 Å². The highest BCUT2D eigenvalue weighted by Crippen LogP contribution is 2.00. The van der Waals surface area contributed by atoms with Gasteiger partial charge in [0.1, 0.15) is 6.04 Å². The molecule has 2 atom stereocenters. The molecule has 88 valence electrons. The molecule has 0 fully saturated rings. The van der Waals surface area contributed by atoms with E-state index in [1.807, 2.05) is 13.2 Å². The van der Waals surface area contributed by atoms with Crippen LogP contribution in [0, 0.1) is 0 Å². The molecular weight excluding hydrogens is 216 g/mol. The van der Waals surface area contributed by atoms with E-state index in [0.29, 0.717) is 0 Å². The highest BCUT2D eigenvalue weighted by Gasteiger charge is 2.15. The predicted molar refractivity (Wildman–Crippen MR) is 61.2 cm³/mol. The van der Waals surface area contributed by atoms with Gasteiger partial charge in [0.05, 0.1) is 0 Å². The Bertz CT molecular complexity index is 223. The molecule has 5 nitrogen and oxygen atoms in total. The smallest absolute Gasteiger partial charge is 0.325 e. The first-order valence-corrected chi connectivity index (χ1v) is 6.19. The third kappa shape index (κ3) is 6.22. The summed E-state index contributed by atoms with van der Waals surface area (Å²) in [6.45, 7) is 3.40. The van der Waals surface area contributed by atoms with Crippen LogP contribution in [0.25, 0.3) is 0 Å². The number of carbonyl (C=O) groups is 2. The summed E-state index contributed by atoms with van der Waals surface area (Å²) in [6, 6.07) is -1.21. The first-order chi connectivity index (χ1) is 7.01. The molecule has 0 aromatic rings. The molecule has 0 spiro atoms. The number of amides is 2. The fraction of sp³-hybridized carbons (Fsp3) is 0.778. The summed E-state index contributed by atoms with van der Waals surface area (Å²) in [4.78, 5) is 21.8. The van der Waals surface area contributed by atoms with Crippen LogP contribution in [0.15, 0.2) is 0 Å². The third-order valence-electron chi connectivity index (χ3n) is 1.91. The van der Waals surface area contributed by atoms with Gasteiger partial charge in [-0.15, -0.1) is 0 Å². The lowest BCUT2D eigenvalue weighted by Gasteiger charge is -2.17. The summed E-state index contributed by atoms with van der Waals surface area (Å²) in [5, 5.41) is 13.6. The fourth-order valence-corrected chi connectivity index (χ4v) is 1.67. The molecular formula is C9H18N2O3S. The molecule has 0 aliphatic heterocycles. The first kappa shape index (κ1) is 14.1. The molecule has 3 N–H and O–H groups in total. The van der Waals surface area contributed by atoms with Crippen molar-refractivity contribution >= 4 is 23.8 Å². The van der Waals surface area contributed by atoms with Gasteiger partial charge in [0.25, 0.3) is 0 Å². The van der Waals surface area contributed by atoms with Crippen LogP contribution in [0.1, 0.15) is 20.3 Å². The van der Waals surface area contributed by atoms with Gasteiger partial charge in [-0.05, 0) is 19.6 Å². The van der Waals surface area contributed by atoms with Crippen LogP contribution >= 0.6 is 11.8 Å². The van der Waals surface area contributed by atoms with Gasteiger partial charge in [0.15, 0.2) is 0 Å². The van der Waals surface area contributed by atoms with E-state index >= 15 is 0 Å². The number of carbonyl (C=O) groups excluding carboxylic acids is 1. The highest BCUT2D eigenvalue weighted by atomic mass is 32.2. The van der Waals surface area contributed by atoms with Crippen molar-refractivity contribution in [3.05, 3.63) is 0 Å². The van der Waals surface area contributed by atoms with Crippen molar-refractivity contribution in [2.24, 2.45) is 0 Å². The minimum atomic E-state index is -1.04. The molecule has 0 aliphatic carbocycles. The normalized spacial score (nSPS) is 14.1. The Balaban J connectivity index is 3.95. The van der Waals surface area contributed by atoms with E-state index in [1.54, 1.807) is 11.8 Å². The average molecular weight is 234 g/mol.